The number of rotatable bonds is 12. The van der Waals surface area contributed by atoms with Gasteiger partial charge in [-0.2, -0.15) is 0 Å². The predicted octanol–water partition coefficient (Wildman–Crippen LogP) is 3.15. The van der Waals surface area contributed by atoms with Gasteiger partial charge in [-0.05, 0) is 23.6 Å². The molecule has 9 heteroatoms. The van der Waals surface area contributed by atoms with E-state index in [1.807, 2.05) is 80.6 Å². The van der Waals surface area contributed by atoms with Crippen LogP contribution in [0.3, 0.4) is 0 Å². The Balaban J connectivity index is 0.000000255. The summed E-state index contributed by atoms with van der Waals surface area (Å²) in [6, 6.07) is 21.3. The maximum atomic E-state index is 9.69. The third-order valence-corrected chi connectivity index (χ3v) is 5.02. The number of aliphatic hydroxyl groups is 2. The topological polar surface area (TPSA) is 139 Å². The Morgan fingerprint density at radius 2 is 1.44 bits per heavy atom. The zero-order chi connectivity index (χ0) is 26.3. The van der Waals surface area contributed by atoms with Crippen molar-refractivity contribution in [3.63, 3.8) is 0 Å². The zero-order valence-corrected chi connectivity index (χ0v) is 21.0. The molecule has 0 saturated carbocycles. The molecule has 0 aromatic heterocycles. The molecular weight excluding hydrogens is 462 g/mol. The van der Waals surface area contributed by atoms with E-state index in [1.165, 1.54) is 0 Å². The van der Waals surface area contributed by atoms with Crippen molar-refractivity contribution in [2.75, 3.05) is 26.9 Å². The average molecular weight is 500 g/mol. The summed E-state index contributed by atoms with van der Waals surface area (Å²) in [6.45, 7) is 4.93. The number of aliphatic hydroxyl groups excluding tert-OH is 2. The van der Waals surface area contributed by atoms with Crippen LogP contribution in [-0.2, 0) is 0 Å². The van der Waals surface area contributed by atoms with Gasteiger partial charge >= 0.3 is 0 Å². The highest BCUT2D eigenvalue weighted by atomic mass is 16.5. The van der Waals surface area contributed by atoms with Crippen molar-refractivity contribution in [3.8, 4) is 17.2 Å². The number of para-hydroxylation sites is 2. The van der Waals surface area contributed by atoms with Gasteiger partial charge in [0.25, 0.3) is 0 Å². The van der Waals surface area contributed by atoms with Gasteiger partial charge < -0.3 is 40.7 Å². The summed E-state index contributed by atoms with van der Waals surface area (Å²) in [5, 5.41) is 35.8. The van der Waals surface area contributed by atoms with E-state index in [0.29, 0.717) is 29.8 Å². The highest BCUT2D eigenvalue weighted by Gasteiger charge is 2.10. The first-order chi connectivity index (χ1) is 17.3. The van der Waals surface area contributed by atoms with Crippen LogP contribution in [-0.4, -0.2) is 66.4 Å². The fraction of sp³-hybridized carbons (Fsp3) is 0.370. The SMILES string of the molecule is COc1ccccc1OCC(O)CNC(C)C.N/C(CC(O)COc1cccc2ccccc12)=N\O. The molecule has 2 unspecified atom stereocenters. The van der Waals surface area contributed by atoms with Gasteiger partial charge in [0.2, 0.25) is 0 Å². The molecule has 0 aliphatic rings. The number of hydrogen-bond donors (Lipinski definition) is 5. The molecule has 0 heterocycles. The molecular formula is C27H37N3O6. The van der Waals surface area contributed by atoms with Crippen molar-refractivity contribution in [1.29, 1.82) is 0 Å². The number of ether oxygens (including phenoxy) is 3. The summed E-state index contributed by atoms with van der Waals surface area (Å²) in [5.74, 6) is 2.01. The third-order valence-electron chi connectivity index (χ3n) is 5.02. The summed E-state index contributed by atoms with van der Waals surface area (Å²) >= 11 is 0. The smallest absolute Gasteiger partial charge is 0.161 e. The van der Waals surface area contributed by atoms with Gasteiger partial charge in [0, 0.05) is 24.4 Å². The number of fused-ring (bicyclic) bond motifs is 1. The maximum absolute atomic E-state index is 9.69. The molecule has 9 nitrogen and oxygen atoms in total. The number of nitrogens with one attached hydrogen (secondary N) is 1. The minimum Gasteiger partial charge on any atom is -0.493 e. The number of amidine groups is 1. The van der Waals surface area contributed by atoms with Crippen LogP contribution in [0.1, 0.15) is 20.3 Å². The van der Waals surface area contributed by atoms with E-state index in [0.717, 1.165) is 10.8 Å². The van der Waals surface area contributed by atoms with E-state index in [4.69, 9.17) is 25.2 Å². The van der Waals surface area contributed by atoms with Gasteiger partial charge in [0.1, 0.15) is 30.9 Å². The minimum absolute atomic E-state index is 0.0194. The lowest BCUT2D eigenvalue weighted by Crippen LogP contribution is -2.35. The molecule has 0 amide bonds. The van der Waals surface area contributed by atoms with E-state index < -0.39 is 12.2 Å². The van der Waals surface area contributed by atoms with Crippen molar-refractivity contribution >= 4 is 16.6 Å². The van der Waals surface area contributed by atoms with Gasteiger partial charge in [-0.15, -0.1) is 0 Å². The van der Waals surface area contributed by atoms with Crippen LogP contribution in [0.5, 0.6) is 17.2 Å². The molecule has 0 bridgehead atoms. The lowest BCUT2D eigenvalue weighted by Gasteiger charge is -2.16. The number of nitrogens with two attached hydrogens (primary N) is 1. The van der Waals surface area contributed by atoms with Crippen molar-refractivity contribution < 1.29 is 29.6 Å². The Morgan fingerprint density at radius 1 is 0.861 bits per heavy atom. The molecule has 0 aliphatic carbocycles. The Morgan fingerprint density at radius 3 is 2.14 bits per heavy atom. The van der Waals surface area contributed by atoms with E-state index in [9.17, 15) is 10.2 Å². The van der Waals surface area contributed by atoms with E-state index in [-0.39, 0.29) is 25.5 Å². The number of nitrogens with zero attached hydrogens (tertiary/aromatic N) is 1. The monoisotopic (exact) mass is 499 g/mol. The summed E-state index contributed by atoms with van der Waals surface area (Å²) in [4.78, 5) is 0. The fourth-order valence-corrected chi connectivity index (χ4v) is 3.20. The van der Waals surface area contributed by atoms with Crippen LogP contribution < -0.4 is 25.3 Å². The molecule has 3 rings (SSSR count). The third kappa shape index (κ3) is 9.99. The first kappa shape index (κ1) is 28.7. The van der Waals surface area contributed by atoms with Crippen LogP contribution in [0.2, 0.25) is 0 Å². The van der Waals surface area contributed by atoms with Crippen molar-refractivity contribution in [2.45, 2.75) is 38.5 Å². The zero-order valence-electron chi connectivity index (χ0n) is 21.0. The molecule has 0 radical (unpaired) electrons. The van der Waals surface area contributed by atoms with Crippen molar-refractivity contribution in [1.82, 2.24) is 5.32 Å². The normalized spacial score (nSPS) is 13.0. The Bertz CT molecular complexity index is 1070. The van der Waals surface area contributed by atoms with Gasteiger partial charge in [-0.25, -0.2) is 0 Å². The maximum Gasteiger partial charge on any atom is 0.161 e. The lowest BCUT2D eigenvalue weighted by atomic mass is 10.1. The molecule has 6 N–H and O–H groups in total. The molecule has 3 aromatic carbocycles. The van der Waals surface area contributed by atoms with Gasteiger partial charge in [0.05, 0.1) is 13.2 Å². The lowest BCUT2D eigenvalue weighted by molar-refractivity contribution is 0.103. The standard InChI is InChI=1S/C14H16N2O3.C13H21NO3/c15-14(16-18)8-11(17)9-19-13-7-3-5-10-4-1-2-6-12(10)13;1-10(2)14-8-11(15)9-17-13-7-5-4-6-12(13)16-3/h1-7,11,17-18H,8-9H2,(H2,15,16);4-7,10-11,14-15H,8-9H2,1-3H3. The predicted molar refractivity (Wildman–Crippen MR) is 141 cm³/mol. The average Bonchev–Trinajstić information content (AvgIpc) is 2.89. The molecule has 0 fully saturated rings. The summed E-state index contributed by atoms with van der Waals surface area (Å²) in [5.41, 5.74) is 5.32. The first-order valence-electron chi connectivity index (χ1n) is 11.8. The first-order valence-corrected chi connectivity index (χ1v) is 11.8. The van der Waals surface area contributed by atoms with Crippen LogP contribution in [0.4, 0.5) is 0 Å². The number of oxime groups is 1. The number of benzene rings is 3. The Kier molecular flexibility index (Phi) is 12.3. The van der Waals surface area contributed by atoms with E-state index >= 15 is 0 Å². The summed E-state index contributed by atoms with van der Waals surface area (Å²) in [7, 11) is 1.60. The van der Waals surface area contributed by atoms with E-state index in [1.54, 1.807) is 7.11 Å². The van der Waals surface area contributed by atoms with E-state index in [2.05, 4.69) is 10.5 Å². The number of methoxy groups -OCH3 is 1. The van der Waals surface area contributed by atoms with Crippen LogP contribution >= 0.6 is 0 Å². The minimum atomic E-state index is -0.810. The second-order valence-electron chi connectivity index (χ2n) is 8.42. The Hall–Kier alpha value is -3.53. The van der Waals surface area contributed by atoms with Crippen molar-refractivity contribution in [2.24, 2.45) is 10.9 Å². The quantitative estimate of drug-likeness (QED) is 0.111. The van der Waals surface area contributed by atoms with Crippen LogP contribution in [0.15, 0.2) is 71.9 Å². The van der Waals surface area contributed by atoms with Crippen molar-refractivity contribution in [3.05, 3.63) is 66.7 Å². The Labute approximate surface area is 212 Å². The highest BCUT2D eigenvalue weighted by Crippen LogP contribution is 2.26. The molecule has 0 spiro atoms. The van der Waals surface area contributed by atoms with Gasteiger partial charge in [-0.1, -0.05) is 67.5 Å². The second-order valence-corrected chi connectivity index (χ2v) is 8.42. The van der Waals surface area contributed by atoms with Gasteiger partial charge in [0.15, 0.2) is 11.5 Å². The summed E-state index contributed by atoms with van der Waals surface area (Å²) < 4.78 is 16.2. The fourth-order valence-electron chi connectivity index (χ4n) is 3.20. The largest absolute Gasteiger partial charge is 0.493 e. The van der Waals surface area contributed by atoms with Gasteiger partial charge in [-0.3, -0.25) is 0 Å². The molecule has 0 saturated heterocycles. The molecule has 36 heavy (non-hydrogen) atoms. The van der Waals surface area contributed by atoms with Crippen LogP contribution in [0.25, 0.3) is 10.8 Å². The molecule has 3 aromatic rings. The van der Waals surface area contributed by atoms with Crippen LogP contribution in [0, 0.1) is 0 Å². The molecule has 0 aliphatic heterocycles. The molecule has 196 valence electrons. The number of hydrogen-bond acceptors (Lipinski definition) is 8. The highest BCUT2D eigenvalue weighted by molar-refractivity contribution is 5.88. The molecule has 2 atom stereocenters. The summed E-state index contributed by atoms with van der Waals surface area (Å²) in [6.07, 6.45) is -1.27. The second kappa shape index (κ2) is 15.5.